The summed E-state index contributed by atoms with van der Waals surface area (Å²) in [6.45, 7) is 8.79. The van der Waals surface area contributed by atoms with Crippen LogP contribution in [-0.4, -0.2) is 58.3 Å². The fourth-order valence-corrected chi connectivity index (χ4v) is 5.74. The Kier molecular flexibility index (Phi) is 9.21. The lowest BCUT2D eigenvalue weighted by Gasteiger charge is -2.22. The van der Waals surface area contributed by atoms with E-state index in [9.17, 15) is 5.11 Å². The maximum Gasteiger partial charge on any atom is 0.165 e. The summed E-state index contributed by atoms with van der Waals surface area (Å²) < 4.78 is 26.6. The van der Waals surface area contributed by atoms with Crippen molar-refractivity contribution in [2.45, 2.75) is 84.8 Å². The number of aliphatic hydroxyl groups excluding tert-OH is 1. The number of aliphatic imine (C=N–C) groups is 1. The first-order valence-corrected chi connectivity index (χ1v) is 14.9. The SMILES string of the molecule is CCC[C@@H](O)COc1ccc(F)c(-c2nc(-c3c(C)noc3C)c(C)c(N3CC(N)=C(C=NC4CCCCC4)C3)n2)c1. The van der Waals surface area contributed by atoms with Crippen LogP contribution in [0.1, 0.15) is 68.9 Å². The third-order valence-corrected chi connectivity index (χ3v) is 8.08. The van der Waals surface area contributed by atoms with Gasteiger partial charge in [0.15, 0.2) is 5.82 Å². The van der Waals surface area contributed by atoms with Gasteiger partial charge in [0.25, 0.3) is 0 Å². The van der Waals surface area contributed by atoms with Crippen molar-refractivity contribution in [2.75, 3.05) is 24.6 Å². The predicted octanol–water partition coefficient (Wildman–Crippen LogP) is 5.84. The molecule has 1 aliphatic heterocycles. The molecule has 1 aromatic carbocycles. The molecule has 0 radical (unpaired) electrons. The average Bonchev–Trinajstić information content (AvgIpc) is 3.52. The maximum absolute atomic E-state index is 15.3. The van der Waals surface area contributed by atoms with Crippen LogP contribution in [0.3, 0.4) is 0 Å². The zero-order chi connectivity index (χ0) is 29.8. The maximum atomic E-state index is 15.3. The van der Waals surface area contributed by atoms with Crippen LogP contribution in [-0.2, 0) is 0 Å². The van der Waals surface area contributed by atoms with Crippen molar-refractivity contribution in [1.29, 1.82) is 0 Å². The molecule has 1 fully saturated rings. The second-order valence-corrected chi connectivity index (χ2v) is 11.4. The van der Waals surface area contributed by atoms with E-state index in [2.05, 4.69) is 10.1 Å². The zero-order valence-corrected chi connectivity index (χ0v) is 25.0. The Hall–Kier alpha value is -3.79. The Labute approximate surface area is 246 Å². The minimum absolute atomic E-state index is 0.118. The van der Waals surface area contributed by atoms with E-state index in [0.717, 1.165) is 41.7 Å². The molecule has 3 aromatic rings. The van der Waals surface area contributed by atoms with Gasteiger partial charge in [-0.15, -0.1) is 0 Å². The molecule has 0 saturated heterocycles. The van der Waals surface area contributed by atoms with Gasteiger partial charge >= 0.3 is 0 Å². The number of anilines is 1. The van der Waals surface area contributed by atoms with Crippen molar-refractivity contribution in [3.8, 4) is 28.4 Å². The minimum Gasteiger partial charge on any atom is -0.491 e. The lowest BCUT2D eigenvalue weighted by Crippen LogP contribution is -2.25. The summed E-state index contributed by atoms with van der Waals surface area (Å²) >= 11 is 0. The summed E-state index contributed by atoms with van der Waals surface area (Å²) in [4.78, 5) is 16.7. The number of aryl methyl sites for hydroxylation is 2. The molecular weight excluding hydrogens is 535 g/mol. The lowest BCUT2D eigenvalue weighted by atomic mass is 9.96. The second-order valence-electron chi connectivity index (χ2n) is 11.4. The molecule has 0 unspecified atom stereocenters. The number of rotatable bonds is 10. The fraction of sp³-hybridized carbons (Fsp3) is 0.500. The van der Waals surface area contributed by atoms with Gasteiger partial charge in [-0.05, 0) is 58.2 Å². The number of ether oxygens (including phenoxy) is 1. The highest BCUT2D eigenvalue weighted by atomic mass is 19.1. The molecule has 1 saturated carbocycles. The smallest absolute Gasteiger partial charge is 0.165 e. The molecule has 3 N–H and O–H groups in total. The number of hydrogen-bond donors (Lipinski definition) is 2. The normalized spacial score (nSPS) is 17.0. The first kappa shape index (κ1) is 29.7. The summed E-state index contributed by atoms with van der Waals surface area (Å²) in [5, 5.41) is 14.3. The standard InChI is InChI=1S/C32H41FN6O3/c1-5-9-24(40)18-41-25-12-13-27(33)26(14-25)31-36-30(29-20(3)38-42-21(29)4)19(2)32(37-31)39-16-22(28(34)17-39)15-35-23-10-7-6-8-11-23/h12-15,23-24,40H,5-11,16-18,34H2,1-4H3/t24-/m1/s1. The van der Waals surface area contributed by atoms with Crippen molar-refractivity contribution >= 4 is 12.0 Å². The molecule has 224 valence electrons. The number of halogens is 1. The van der Waals surface area contributed by atoms with Crippen LogP contribution in [0.2, 0.25) is 0 Å². The highest BCUT2D eigenvalue weighted by Crippen LogP contribution is 2.37. The molecule has 1 atom stereocenters. The number of aromatic nitrogens is 3. The molecular formula is C32H41FN6O3. The number of aliphatic hydroxyl groups is 1. The van der Waals surface area contributed by atoms with E-state index >= 15 is 4.39 Å². The summed E-state index contributed by atoms with van der Waals surface area (Å²) in [5.41, 5.74) is 11.3. The summed E-state index contributed by atoms with van der Waals surface area (Å²) in [7, 11) is 0. The summed E-state index contributed by atoms with van der Waals surface area (Å²) in [6.07, 6.45) is 8.77. The average molecular weight is 577 g/mol. The van der Waals surface area contributed by atoms with Gasteiger partial charge < -0.3 is 25.0 Å². The number of benzene rings is 1. The third-order valence-electron chi connectivity index (χ3n) is 8.08. The quantitative estimate of drug-likeness (QED) is 0.289. The molecule has 0 amide bonds. The molecule has 2 aromatic heterocycles. The number of nitrogens with zero attached hydrogens (tertiary/aromatic N) is 5. The molecule has 2 aliphatic rings. The van der Waals surface area contributed by atoms with Crippen molar-refractivity contribution in [2.24, 2.45) is 10.7 Å². The topological polar surface area (TPSA) is 123 Å². The highest BCUT2D eigenvalue weighted by Gasteiger charge is 2.27. The van der Waals surface area contributed by atoms with Crippen LogP contribution in [0.4, 0.5) is 10.2 Å². The van der Waals surface area contributed by atoms with E-state index in [4.69, 9.17) is 30.0 Å². The Morgan fingerprint density at radius 1 is 1.19 bits per heavy atom. The molecule has 5 rings (SSSR count). The van der Waals surface area contributed by atoms with E-state index in [0.29, 0.717) is 54.3 Å². The van der Waals surface area contributed by atoms with Crippen LogP contribution in [0.25, 0.3) is 22.6 Å². The van der Waals surface area contributed by atoms with Crippen molar-refractivity contribution in [3.63, 3.8) is 0 Å². The lowest BCUT2D eigenvalue weighted by molar-refractivity contribution is 0.0993. The molecule has 10 heteroatoms. The Morgan fingerprint density at radius 2 is 1.98 bits per heavy atom. The molecule has 3 heterocycles. The first-order valence-electron chi connectivity index (χ1n) is 14.9. The Balaban J connectivity index is 1.51. The van der Waals surface area contributed by atoms with E-state index in [1.54, 1.807) is 12.1 Å². The third kappa shape index (κ3) is 6.48. The van der Waals surface area contributed by atoms with Crippen LogP contribution in [0.15, 0.2) is 39.0 Å². The van der Waals surface area contributed by atoms with Gasteiger partial charge in [0.1, 0.15) is 29.8 Å². The number of nitrogens with two attached hydrogens (primary N) is 1. The molecule has 42 heavy (non-hydrogen) atoms. The highest BCUT2D eigenvalue weighted by molar-refractivity contribution is 5.84. The minimum atomic E-state index is -0.596. The van der Waals surface area contributed by atoms with Crippen molar-refractivity contribution in [1.82, 2.24) is 15.1 Å². The van der Waals surface area contributed by atoms with Gasteiger partial charge in [-0.25, -0.2) is 14.4 Å². The molecule has 0 spiro atoms. The van der Waals surface area contributed by atoms with Gasteiger partial charge in [0, 0.05) is 35.6 Å². The molecule has 0 bridgehead atoms. The number of hydrogen-bond acceptors (Lipinski definition) is 9. The van der Waals surface area contributed by atoms with Gasteiger partial charge in [-0.3, -0.25) is 4.99 Å². The molecule has 9 nitrogen and oxygen atoms in total. The zero-order valence-electron chi connectivity index (χ0n) is 25.0. The van der Waals surface area contributed by atoms with Gasteiger partial charge in [0.2, 0.25) is 0 Å². The van der Waals surface area contributed by atoms with E-state index in [-0.39, 0.29) is 18.0 Å². The molecule has 1 aliphatic carbocycles. The fourth-order valence-electron chi connectivity index (χ4n) is 5.74. The summed E-state index contributed by atoms with van der Waals surface area (Å²) in [6, 6.07) is 4.82. The van der Waals surface area contributed by atoms with Crippen molar-refractivity contribution < 1.29 is 18.8 Å². The van der Waals surface area contributed by atoms with Gasteiger partial charge in [0.05, 0.1) is 35.2 Å². The monoisotopic (exact) mass is 576 g/mol. The van der Waals surface area contributed by atoms with Crippen molar-refractivity contribution in [3.05, 3.63) is 52.3 Å². The van der Waals surface area contributed by atoms with E-state index in [1.807, 2.05) is 33.9 Å². The van der Waals surface area contributed by atoms with Crippen LogP contribution in [0.5, 0.6) is 5.75 Å². The van der Waals surface area contributed by atoms with E-state index < -0.39 is 11.9 Å². The van der Waals surface area contributed by atoms with E-state index in [1.165, 1.54) is 25.3 Å². The summed E-state index contributed by atoms with van der Waals surface area (Å²) in [5.74, 6) is 1.44. The van der Waals surface area contributed by atoms with Crippen LogP contribution in [0, 0.1) is 26.6 Å². The largest absolute Gasteiger partial charge is 0.491 e. The van der Waals surface area contributed by atoms with Gasteiger partial charge in [-0.2, -0.15) is 0 Å². The van der Waals surface area contributed by atoms with Gasteiger partial charge in [-0.1, -0.05) is 37.8 Å². The van der Waals surface area contributed by atoms with Crippen LogP contribution >= 0.6 is 0 Å². The second kappa shape index (κ2) is 13.0. The van der Waals surface area contributed by atoms with Crippen LogP contribution < -0.4 is 15.4 Å². The predicted molar refractivity (Wildman–Crippen MR) is 162 cm³/mol. The Morgan fingerprint density at radius 3 is 2.69 bits per heavy atom. The Bertz CT molecular complexity index is 1460. The first-order chi connectivity index (χ1) is 20.2.